The molecule has 0 aliphatic carbocycles. The van der Waals surface area contributed by atoms with E-state index < -0.39 is 0 Å². The molecule has 0 unspecified atom stereocenters. The zero-order valence-corrected chi connectivity index (χ0v) is 15.3. The average molecular weight is 352 g/mol. The molecule has 0 saturated carbocycles. The average Bonchev–Trinajstić information content (AvgIpc) is 3.11. The number of carbonyl (C=O) groups excluding carboxylic acids is 1. The molecule has 6 nitrogen and oxygen atoms in total. The number of nitrogens with zero attached hydrogens (tertiary/aromatic N) is 2. The van der Waals surface area contributed by atoms with Gasteiger partial charge >= 0.3 is 0 Å². The summed E-state index contributed by atoms with van der Waals surface area (Å²) in [4.78, 5) is 17.8. The van der Waals surface area contributed by atoms with Gasteiger partial charge in [-0.05, 0) is 67.7 Å². The summed E-state index contributed by atoms with van der Waals surface area (Å²) >= 11 is 1.71. The molecule has 1 aromatic heterocycles. The van der Waals surface area contributed by atoms with Gasteiger partial charge in [-0.15, -0.1) is 0 Å². The Hall–Kier alpha value is -1.60. The van der Waals surface area contributed by atoms with E-state index >= 15 is 0 Å². The molecular weight excluding hydrogens is 322 g/mol. The third-order valence-corrected chi connectivity index (χ3v) is 5.18. The second-order valence-electron chi connectivity index (χ2n) is 6.21. The molecule has 0 aromatic carbocycles. The van der Waals surface area contributed by atoms with Gasteiger partial charge in [0.05, 0.1) is 0 Å². The van der Waals surface area contributed by atoms with Crippen LogP contribution in [0.1, 0.15) is 31.2 Å². The quantitative estimate of drug-likeness (QED) is 0.375. The third-order valence-electron chi connectivity index (χ3n) is 4.45. The van der Waals surface area contributed by atoms with Gasteiger partial charge < -0.3 is 21.3 Å². The van der Waals surface area contributed by atoms with Crippen molar-refractivity contribution in [2.45, 2.75) is 32.2 Å². The summed E-state index contributed by atoms with van der Waals surface area (Å²) in [6, 6.07) is 2.12. The van der Waals surface area contributed by atoms with Crippen molar-refractivity contribution in [2.24, 2.45) is 16.6 Å². The summed E-state index contributed by atoms with van der Waals surface area (Å²) in [5.74, 6) is 0.796. The maximum atomic E-state index is 11.2. The lowest BCUT2D eigenvalue weighted by Gasteiger charge is -2.30. The molecule has 0 radical (unpaired) electrons. The number of amides is 1. The van der Waals surface area contributed by atoms with E-state index in [1.165, 1.54) is 5.56 Å². The van der Waals surface area contributed by atoms with E-state index in [0.29, 0.717) is 0 Å². The third kappa shape index (κ3) is 6.49. The monoisotopic (exact) mass is 351 g/mol. The van der Waals surface area contributed by atoms with E-state index in [4.69, 9.17) is 5.73 Å². The standard InChI is InChI=1S/C17H29N5OS/c1-19-17(21-12-14-6-11-24-13-14)20-7-2-3-8-22-9-4-15(5-10-22)16(18)23/h6,11,13,15H,2-5,7-10,12H2,1H3,(H2,18,23)(H2,19,20,21). The predicted octanol–water partition coefficient (Wildman–Crippen LogP) is 1.39. The second-order valence-corrected chi connectivity index (χ2v) is 6.99. The lowest BCUT2D eigenvalue weighted by molar-refractivity contribution is -0.123. The first-order chi connectivity index (χ1) is 11.7. The van der Waals surface area contributed by atoms with Crippen molar-refractivity contribution in [3.8, 4) is 0 Å². The Kier molecular flexibility index (Phi) is 8.04. The number of carbonyl (C=O) groups is 1. The minimum absolute atomic E-state index is 0.0838. The molecular formula is C17H29N5OS. The Bertz CT molecular complexity index is 509. The molecule has 2 rings (SSSR count). The number of hydrogen-bond acceptors (Lipinski definition) is 4. The van der Waals surface area contributed by atoms with Crippen LogP contribution in [-0.2, 0) is 11.3 Å². The zero-order valence-electron chi connectivity index (χ0n) is 14.5. The normalized spacial score (nSPS) is 17.0. The van der Waals surface area contributed by atoms with Crippen LogP contribution >= 0.6 is 11.3 Å². The van der Waals surface area contributed by atoms with Crippen molar-refractivity contribution in [1.29, 1.82) is 0 Å². The van der Waals surface area contributed by atoms with Gasteiger partial charge in [-0.3, -0.25) is 9.79 Å². The fourth-order valence-electron chi connectivity index (χ4n) is 2.91. The van der Waals surface area contributed by atoms with E-state index in [0.717, 1.165) is 64.4 Å². The van der Waals surface area contributed by atoms with Crippen LogP contribution in [0.3, 0.4) is 0 Å². The molecule has 1 aliphatic rings. The first-order valence-electron chi connectivity index (χ1n) is 8.66. The van der Waals surface area contributed by atoms with Crippen molar-refractivity contribution < 1.29 is 4.79 Å². The van der Waals surface area contributed by atoms with Gasteiger partial charge in [0.2, 0.25) is 5.91 Å². The summed E-state index contributed by atoms with van der Waals surface area (Å²) in [5.41, 5.74) is 6.65. The molecule has 7 heteroatoms. The van der Waals surface area contributed by atoms with Gasteiger partial charge in [0, 0.05) is 26.1 Å². The lowest BCUT2D eigenvalue weighted by atomic mass is 9.96. The Morgan fingerprint density at radius 3 is 2.79 bits per heavy atom. The second kappa shape index (κ2) is 10.3. The van der Waals surface area contributed by atoms with E-state index in [2.05, 4.69) is 37.4 Å². The number of primary amides is 1. The van der Waals surface area contributed by atoms with Gasteiger partial charge in [-0.1, -0.05) is 0 Å². The van der Waals surface area contributed by atoms with Crippen molar-refractivity contribution >= 4 is 23.2 Å². The highest BCUT2D eigenvalue weighted by molar-refractivity contribution is 7.07. The van der Waals surface area contributed by atoms with Crippen LogP contribution in [0.4, 0.5) is 0 Å². The molecule has 4 N–H and O–H groups in total. The Labute approximate surface area is 148 Å². The van der Waals surface area contributed by atoms with Gasteiger partial charge in [-0.25, -0.2) is 0 Å². The summed E-state index contributed by atoms with van der Waals surface area (Å²) < 4.78 is 0. The topological polar surface area (TPSA) is 82.8 Å². The van der Waals surface area contributed by atoms with Crippen molar-refractivity contribution in [2.75, 3.05) is 33.2 Å². The van der Waals surface area contributed by atoms with Crippen molar-refractivity contribution in [1.82, 2.24) is 15.5 Å². The van der Waals surface area contributed by atoms with Crippen LogP contribution in [0.2, 0.25) is 0 Å². The highest BCUT2D eigenvalue weighted by Gasteiger charge is 2.22. The van der Waals surface area contributed by atoms with Crippen molar-refractivity contribution in [3.05, 3.63) is 22.4 Å². The minimum atomic E-state index is -0.139. The number of piperidine rings is 1. The fourth-order valence-corrected chi connectivity index (χ4v) is 3.58. The van der Waals surface area contributed by atoms with E-state index in [1.807, 2.05) is 0 Å². The van der Waals surface area contributed by atoms with Crippen molar-refractivity contribution in [3.63, 3.8) is 0 Å². The molecule has 1 amide bonds. The number of guanidine groups is 1. The molecule has 2 heterocycles. The molecule has 1 aromatic rings. The number of rotatable bonds is 8. The molecule has 0 bridgehead atoms. The Balaban J connectivity index is 1.52. The molecule has 0 atom stereocenters. The van der Waals surface area contributed by atoms with E-state index in [1.54, 1.807) is 18.4 Å². The largest absolute Gasteiger partial charge is 0.369 e. The lowest BCUT2D eigenvalue weighted by Crippen LogP contribution is -2.39. The fraction of sp³-hybridized carbons (Fsp3) is 0.647. The van der Waals surface area contributed by atoms with Crippen LogP contribution in [0, 0.1) is 5.92 Å². The molecule has 134 valence electrons. The van der Waals surface area contributed by atoms with E-state index in [9.17, 15) is 4.79 Å². The maximum absolute atomic E-state index is 11.2. The van der Waals surface area contributed by atoms with Crippen LogP contribution in [-0.4, -0.2) is 50.0 Å². The number of thiophene rings is 1. The van der Waals surface area contributed by atoms with Crippen LogP contribution < -0.4 is 16.4 Å². The van der Waals surface area contributed by atoms with Gasteiger partial charge in [0.15, 0.2) is 5.96 Å². The molecule has 24 heavy (non-hydrogen) atoms. The van der Waals surface area contributed by atoms with Crippen LogP contribution in [0.5, 0.6) is 0 Å². The number of hydrogen-bond donors (Lipinski definition) is 3. The number of unbranched alkanes of at least 4 members (excludes halogenated alkanes) is 1. The first-order valence-corrected chi connectivity index (χ1v) is 9.60. The highest BCUT2D eigenvalue weighted by Crippen LogP contribution is 2.16. The van der Waals surface area contributed by atoms with Crippen LogP contribution in [0.15, 0.2) is 21.8 Å². The summed E-state index contributed by atoms with van der Waals surface area (Å²) in [7, 11) is 1.80. The minimum Gasteiger partial charge on any atom is -0.369 e. The van der Waals surface area contributed by atoms with Gasteiger partial charge in [0.1, 0.15) is 0 Å². The first kappa shape index (κ1) is 18.7. The SMILES string of the molecule is CN=C(NCCCCN1CCC(C(N)=O)CC1)NCc1ccsc1. The summed E-state index contributed by atoms with van der Waals surface area (Å²) in [5, 5.41) is 10.9. The highest BCUT2D eigenvalue weighted by atomic mass is 32.1. The molecule has 0 spiro atoms. The van der Waals surface area contributed by atoms with Gasteiger partial charge in [-0.2, -0.15) is 11.3 Å². The Morgan fingerprint density at radius 2 is 2.17 bits per heavy atom. The predicted molar refractivity (Wildman–Crippen MR) is 100 cm³/mol. The molecule has 1 saturated heterocycles. The van der Waals surface area contributed by atoms with E-state index in [-0.39, 0.29) is 11.8 Å². The number of nitrogens with one attached hydrogen (secondary N) is 2. The Morgan fingerprint density at radius 1 is 1.38 bits per heavy atom. The molecule has 1 fully saturated rings. The van der Waals surface area contributed by atoms with Crippen LogP contribution in [0.25, 0.3) is 0 Å². The zero-order chi connectivity index (χ0) is 17.2. The summed E-state index contributed by atoms with van der Waals surface area (Å²) in [6.07, 6.45) is 4.07. The molecule has 1 aliphatic heterocycles. The number of aliphatic imine (C=N–C) groups is 1. The summed E-state index contributed by atoms with van der Waals surface area (Å²) in [6.45, 7) is 4.79. The number of likely N-dealkylation sites (tertiary alicyclic amines) is 1. The smallest absolute Gasteiger partial charge is 0.220 e. The number of nitrogens with two attached hydrogens (primary N) is 1. The van der Waals surface area contributed by atoms with Gasteiger partial charge in [0.25, 0.3) is 0 Å². The maximum Gasteiger partial charge on any atom is 0.220 e.